The van der Waals surface area contributed by atoms with E-state index in [1.54, 1.807) is 0 Å². The molecule has 0 spiro atoms. The molecule has 2 heteroatoms. The molecule has 0 saturated carbocycles. The first kappa shape index (κ1) is 33.6. The van der Waals surface area contributed by atoms with Gasteiger partial charge in [0.1, 0.15) is 11.2 Å². The molecule has 10 aromatic carbocycles. The van der Waals surface area contributed by atoms with Gasteiger partial charge in [0.15, 0.2) is 0 Å². The van der Waals surface area contributed by atoms with Gasteiger partial charge in [-0.25, -0.2) is 0 Å². The van der Waals surface area contributed by atoms with Crippen LogP contribution in [0.15, 0.2) is 229 Å². The lowest BCUT2D eigenvalue weighted by Crippen LogP contribution is -2.11. The van der Waals surface area contributed by atoms with Crippen LogP contribution >= 0.6 is 0 Å². The van der Waals surface area contributed by atoms with Crippen LogP contribution in [-0.4, -0.2) is 0 Å². The van der Waals surface area contributed by atoms with Gasteiger partial charge in [-0.1, -0.05) is 176 Å². The molecule has 0 atom stereocenters. The predicted octanol–water partition coefficient (Wildman–Crippen LogP) is 16.0. The lowest BCUT2D eigenvalue weighted by Gasteiger charge is -2.29. The highest BCUT2D eigenvalue weighted by Gasteiger charge is 2.25. The van der Waals surface area contributed by atoms with Crippen LogP contribution in [0.3, 0.4) is 0 Å². The van der Waals surface area contributed by atoms with Gasteiger partial charge in [-0.3, -0.25) is 0 Å². The molecular formula is C56H37NO. The van der Waals surface area contributed by atoms with E-state index >= 15 is 0 Å². The molecule has 0 bridgehead atoms. The Morgan fingerprint density at radius 3 is 1.67 bits per heavy atom. The van der Waals surface area contributed by atoms with Crippen LogP contribution < -0.4 is 4.90 Å². The van der Waals surface area contributed by atoms with Crippen LogP contribution in [0.4, 0.5) is 17.1 Å². The van der Waals surface area contributed by atoms with E-state index in [1.807, 2.05) is 0 Å². The van der Waals surface area contributed by atoms with Crippen LogP contribution in [0, 0.1) is 0 Å². The highest BCUT2D eigenvalue weighted by molar-refractivity contribution is 6.21. The summed E-state index contributed by atoms with van der Waals surface area (Å²) in [7, 11) is 0. The van der Waals surface area contributed by atoms with Crippen LogP contribution in [0.1, 0.15) is 0 Å². The Morgan fingerprint density at radius 2 is 0.897 bits per heavy atom. The van der Waals surface area contributed by atoms with E-state index in [2.05, 4.69) is 229 Å². The highest BCUT2D eigenvalue weighted by Crippen LogP contribution is 2.49. The Hall–Kier alpha value is -7.68. The summed E-state index contributed by atoms with van der Waals surface area (Å²) in [6.07, 6.45) is 0. The quantitative estimate of drug-likeness (QED) is 0.151. The van der Waals surface area contributed by atoms with E-state index in [0.29, 0.717) is 0 Å². The van der Waals surface area contributed by atoms with Crippen LogP contribution in [0.2, 0.25) is 0 Å². The number of fused-ring (bicyclic) bond motifs is 6. The Labute approximate surface area is 337 Å². The summed E-state index contributed by atoms with van der Waals surface area (Å²) in [4.78, 5) is 2.42. The number of hydrogen-bond acceptors (Lipinski definition) is 2. The fourth-order valence-corrected chi connectivity index (χ4v) is 8.74. The third kappa shape index (κ3) is 5.74. The number of para-hydroxylation sites is 2. The first-order valence-corrected chi connectivity index (χ1v) is 19.8. The molecule has 0 saturated heterocycles. The summed E-state index contributed by atoms with van der Waals surface area (Å²) in [6, 6.07) is 80.5. The smallest absolute Gasteiger partial charge is 0.145 e. The summed E-state index contributed by atoms with van der Waals surface area (Å²) < 4.78 is 6.97. The standard InChI is InChI=1S/C56H37NO/c1-3-16-38(17-4-1)41-21-15-22-42(36-41)39-30-32-44(33-31-39)57(52-28-13-11-24-46(52)40-18-5-2-6-19-40)53-35-34-49(56-55(53)50-27-12-14-29-54(50)58-56)51-37-43-20-7-8-23-45(43)47-25-9-10-26-48(47)51/h1-37H. The topological polar surface area (TPSA) is 16.4 Å². The molecule has 11 aromatic rings. The molecule has 272 valence electrons. The van der Waals surface area contributed by atoms with Gasteiger partial charge in [0.2, 0.25) is 0 Å². The molecular weight excluding hydrogens is 703 g/mol. The lowest BCUT2D eigenvalue weighted by atomic mass is 9.92. The predicted molar refractivity (Wildman–Crippen MR) is 245 cm³/mol. The van der Waals surface area contributed by atoms with E-state index in [9.17, 15) is 0 Å². The third-order valence-electron chi connectivity index (χ3n) is 11.5. The van der Waals surface area contributed by atoms with Crippen LogP contribution in [0.25, 0.3) is 88.0 Å². The Kier molecular flexibility index (Phi) is 8.19. The minimum absolute atomic E-state index is 0.862. The lowest BCUT2D eigenvalue weighted by molar-refractivity contribution is 0.670. The molecule has 0 aliphatic heterocycles. The van der Waals surface area contributed by atoms with E-state index in [1.165, 1.54) is 38.2 Å². The number of nitrogens with zero attached hydrogens (tertiary/aromatic N) is 1. The Bertz CT molecular complexity index is 3270. The van der Waals surface area contributed by atoms with Gasteiger partial charge >= 0.3 is 0 Å². The van der Waals surface area contributed by atoms with Gasteiger partial charge in [-0.05, 0) is 103 Å². The van der Waals surface area contributed by atoms with E-state index in [0.717, 1.165) is 66.8 Å². The molecule has 0 amide bonds. The highest BCUT2D eigenvalue weighted by atomic mass is 16.3. The SMILES string of the molecule is c1ccc(-c2cccc(-c3ccc(N(c4ccccc4-c4ccccc4)c4ccc(-c5cc6ccccc6c6ccccc56)c5oc6ccccc6c45)cc3)c2)cc1. The van der Waals surface area contributed by atoms with Crippen molar-refractivity contribution < 1.29 is 4.42 Å². The molecule has 1 heterocycles. The first-order chi connectivity index (χ1) is 28.8. The molecule has 0 aliphatic rings. The number of hydrogen-bond donors (Lipinski definition) is 0. The maximum absolute atomic E-state index is 6.97. The molecule has 1 aromatic heterocycles. The van der Waals surface area contributed by atoms with E-state index in [4.69, 9.17) is 4.42 Å². The van der Waals surface area contributed by atoms with Crippen molar-refractivity contribution in [2.45, 2.75) is 0 Å². The monoisotopic (exact) mass is 739 g/mol. The second-order valence-electron chi connectivity index (χ2n) is 14.8. The fourth-order valence-electron chi connectivity index (χ4n) is 8.74. The van der Waals surface area contributed by atoms with Gasteiger partial charge in [0, 0.05) is 22.2 Å². The summed E-state index contributed by atoms with van der Waals surface area (Å²) in [6.45, 7) is 0. The van der Waals surface area contributed by atoms with Gasteiger partial charge in [-0.15, -0.1) is 0 Å². The largest absolute Gasteiger partial charge is 0.455 e. The van der Waals surface area contributed by atoms with Crippen molar-refractivity contribution in [3.8, 4) is 44.5 Å². The summed E-state index contributed by atoms with van der Waals surface area (Å²) in [5.74, 6) is 0. The van der Waals surface area contributed by atoms with Crippen molar-refractivity contribution in [1.29, 1.82) is 0 Å². The van der Waals surface area contributed by atoms with E-state index in [-0.39, 0.29) is 0 Å². The molecule has 0 aliphatic carbocycles. The Morgan fingerprint density at radius 1 is 0.310 bits per heavy atom. The summed E-state index contributed by atoms with van der Waals surface area (Å²) >= 11 is 0. The first-order valence-electron chi connectivity index (χ1n) is 19.8. The van der Waals surface area contributed by atoms with Crippen molar-refractivity contribution >= 4 is 60.5 Å². The van der Waals surface area contributed by atoms with Crippen molar-refractivity contribution in [2.24, 2.45) is 0 Å². The maximum Gasteiger partial charge on any atom is 0.145 e. The zero-order valence-electron chi connectivity index (χ0n) is 31.7. The van der Waals surface area contributed by atoms with Crippen molar-refractivity contribution in [1.82, 2.24) is 0 Å². The second-order valence-corrected chi connectivity index (χ2v) is 14.8. The van der Waals surface area contributed by atoms with Crippen molar-refractivity contribution in [2.75, 3.05) is 4.90 Å². The van der Waals surface area contributed by atoms with Gasteiger partial charge in [-0.2, -0.15) is 0 Å². The summed E-state index contributed by atoms with van der Waals surface area (Å²) in [5.41, 5.74) is 14.2. The average Bonchev–Trinajstić information content (AvgIpc) is 3.70. The Balaban J connectivity index is 1.15. The molecule has 2 nitrogen and oxygen atoms in total. The van der Waals surface area contributed by atoms with Crippen LogP contribution in [0.5, 0.6) is 0 Å². The molecule has 58 heavy (non-hydrogen) atoms. The van der Waals surface area contributed by atoms with Gasteiger partial charge in [0.05, 0.1) is 16.8 Å². The average molecular weight is 740 g/mol. The number of rotatable bonds is 7. The molecule has 0 unspecified atom stereocenters. The maximum atomic E-state index is 6.97. The fraction of sp³-hybridized carbons (Fsp3) is 0. The zero-order chi connectivity index (χ0) is 38.4. The number of furan rings is 1. The second kappa shape index (κ2) is 14.1. The van der Waals surface area contributed by atoms with E-state index < -0.39 is 0 Å². The van der Waals surface area contributed by atoms with Gasteiger partial charge in [0.25, 0.3) is 0 Å². The van der Waals surface area contributed by atoms with Gasteiger partial charge < -0.3 is 9.32 Å². The summed E-state index contributed by atoms with van der Waals surface area (Å²) in [5, 5.41) is 7.05. The molecule has 0 fully saturated rings. The third-order valence-corrected chi connectivity index (χ3v) is 11.5. The molecule has 11 rings (SSSR count). The zero-order valence-corrected chi connectivity index (χ0v) is 31.7. The normalized spacial score (nSPS) is 11.4. The number of anilines is 3. The van der Waals surface area contributed by atoms with Crippen molar-refractivity contribution in [3.63, 3.8) is 0 Å². The number of benzene rings is 10. The minimum Gasteiger partial charge on any atom is -0.455 e. The van der Waals surface area contributed by atoms with Crippen molar-refractivity contribution in [3.05, 3.63) is 224 Å². The van der Waals surface area contributed by atoms with Crippen LogP contribution in [-0.2, 0) is 0 Å². The minimum atomic E-state index is 0.862. The molecule has 0 N–H and O–H groups in total. The molecule has 0 radical (unpaired) electrons.